The van der Waals surface area contributed by atoms with Crippen molar-refractivity contribution in [1.82, 2.24) is 4.31 Å². The van der Waals surface area contributed by atoms with Gasteiger partial charge in [-0.2, -0.15) is 14.8 Å². The third kappa shape index (κ3) is 4.64. The van der Waals surface area contributed by atoms with Crippen molar-refractivity contribution in [3.05, 3.63) is 64.7 Å². The van der Waals surface area contributed by atoms with Crippen LogP contribution in [0.1, 0.15) is 18.4 Å². The van der Waals surface area contributed by atoms with Crippen LogP contribution in [0.4, 0.5) is 5.69 Å². The number of hydrogen-bond acceptors (Lipinski definition) is 7. The highest BCUT2D eigenvalue weighted by atomic mass is 35.5. The number of carbonyl (C=O) groups excluding carboxylic acids is 2. The molecule has 0 saturated carbocycles. The summed E-state index contributed by atoms with van der Waals surface area (Å²) in [5.74, 6) is -1.67. The molecule has 2 heterocycles. The van der Waals surface area contributed by atoms with Crippen LogP contribution in [0.3, 0.4) is 0 Å². The zero-order chi connectivity index (χ0) is 25.2. The summed E-state index contributed by atoms with van der Waals surface area (Å²) in [6, 6.07) is 16.0. The monoisotopic (exact) mass is 510 g/mol. The fraction of sp³-hybridized carbons (Fsp3) is 0.250. The van der Waals surface area contributed by atoms with E-state index in [2.05, 4.69) is 0 Å². The number of carbonyl (C=O) groups is 2. The van der Waals surface area contributed by atoms with Gasteiger partial charge >= 0.3 is 5.97 Å². The van der Waals surface area contributed by atoms with Crippen molar-refractivity contribution in [2.75, 3.05) is 24.7 Å². The van der Waals surface area contributed by atoms with E-state index in [9.17, 15) is 28.5 Å². The Kier molecular flexibility index (Phi) is 6.90. The molecule has 0 aromatic heterocycles. The Bertz CT molecular complexity index is 1380. The largest absolute Gasteiger partial charge is 0.444 e. The molecule has 0 atom stereocenters. The number of esters is 1. The number of nitrogens with zero attached hydrogens (tertiary/aromatic N) is 4. The molecule has 1 fully saturated rings. The van der Waals surface area contributed by atoms with Crippen LogP contribution >= 0.6 is 11.6 Å². The van der Waals surface area contributed by atoms with Gasteiger partial charge in [-0.05, 0) is 43.2 Å². The van der Waals surface area contributed by atoms with E-state index in [1.165, 1.54) is 33.5 Å². The molecule has 11 heteroatoms. The predicted molar refractivity (Wildman–Crippen MR) is 126 cm³/mol. The lowest BCUT2D eigenvalue weighted by molar-refractivity contribution is -0.150. The molecule has 4 rings (SSSR count). The van der Waals surface area contributed by atoms with Crippen molar-refractivity contribution in [3.8, 4) is 12.1 Å². The van der Waals surface area contributed by atoms with Crippen LogP contribution in [-0.4, -0.2) is 44.4 Å². The van der Waals surface area contributed by atoms with Gasteiger partial charge in [-0.1, -0.05) is 29.8 Å². The first-order valence-electron chi connectivity index (χ1n) is 10.7. The second-order valence-electron chi connectivity index (χ2n) is 7.95. The molecule has 0 aliphatic carbocycles. The number of rotatable bonds is 5. The number of allylic oxidation sites excluding steroid dienone is 1. The van der Waals surface area contributed by atoms with E-state index < -0.39 is 27.8 Å². The van der Waals surface area contributed by atoms with E-state index in [1.807, 2.05) is 0 Å². The van der Waals surface area contributed by atoms with E-state index in [0.717, 1.165) is 0 Å². The summed E-state index contributed by atoms with van der Waals surface area (Å²) < 4.78 is 32.4. The molecule has 1 amide bonds. The molecule has 1 saturated heterocycles. The summed E-state index contributed by atoms with van der Waals surface area (Å²) in [5, 5.41) is 18.9. The zero-order valence-electron chi connectivity index (χ0n) is 18.3. The van der Waals surface area contributed by atoms with Gasteiger partial charge < -0.3 is 4.74 Å². The van der Waals surface area contributed by atoms with Crippen molar-refractivity contribution in [2.45, 2.75) is 17.7 Å². The predicted octanol–water partition coefficient (Wildman–Crippen LogP) is 3.09. The van der Waals surface area contributed by atoms with Crippen LogP contribution in [0.5, 0.6) is 0 Å². The van der Waals surface area contributed by atoms with E-state index in [0.29, 0.717) is 16.3 Å². The van der Waals surface area contributed by atoms with E-state index in [-0.39, 0.29) is 48.7 Å². The van der Waals surface area contributed by atoms with Crippen LogP contribution in [0.2, 0.25) is 5.02 Å². The first-order valence-corrected chi connectivity index (χ1v) is 12.5. The third-order valence-electron chi connectivity index (χ3n) is 5.97. The molecule has 178 valence electrons. The second-order valence-corrected chi connectivity index (χ2v) is 10.3. The minimum atomic E-state index is -3.70. The number of nitriles is 2. The van der Waals surface area contributed by atoms with Crippen LogP contribution in [0.15, 0.2) is 59.0 Å². The maximum Gasteiger partial charge on any atom is 0.310 e. The molecular weight excluding hydrogens is 492 g/mol. The molecule has 2 aromatic rings. The summed E-state index contributed by atoms with van der Waals surface area (Å²) in [5.41, 5.74) is 0.521. The molecule has 0 unspecified atom stereocenters. The van der Waals surface area contributed by atoms with Crippen LogP contribution in [-0.2, 0) is 24.3 Å². The number of ether oxygens (including phenoxy) is 1. The fourth-order valence-electron chi connectivity index (χ4n) is 4.12. The molecule has 2 aliphatic rings. The standard InChI is InChI=1S/C24H19ClN4O5S/c25-18-5-7-19(8-6-18)35(32,33)28-11-9-16(10-12-28)24(31)34-15-29-21-4-2-1-3-20(21)22(23(29)30)17(13-26)14-27/h1-8,16H,9-12,15H2. The third-order valence-corrected chi connectivity index (χ3v) is 8.14. The van der Waals surface area contributed by atoms with Crippen LogP contribution < -0.4 is 4.90 Å². The van der Waals surface area contributed by atoms with Gasteiger partial charge in [-0.3, -0.25) is 14.5 Å². The molecule has 35 heavy (non-hydrogen) atoms. The lowest BCUT2D eigenvalue weighted by atomic mass is 9.98. The van der Waals surface area contributed by atoms with E-state index in [1.54, 1.807) is 36.4 Å². The zero-order valence-corrected chi connectivity index (χ0v) is 19.9. The van der Waals surface area contributed by atoms with Gasteiger partial charge in [0, 0.05) is 23.7 Å². The van der Waals surface area contributed by atoms with E-state index in [4.69, 9.17) is 16.3 Å². The highest BCUT2D eigenvalue weighted by Gasteiger charge is 2.37. The second kappa shape index (κ2) is 9.88. The van der Waals surface area contributed by atoms with Gasteiger partial charge in [0.05, 0.1) is 22.1 Å². The fourth-order valence-corrected chi connectivity index (χ4v) is 5.72. The number of piperidine rings is 1. The smallest absolute Gasteiger partial charge is 0.310 e. The number of sulfonamides is 1. The Morgan fingerprint density at radius 2 is 1.69 bits per heavy atom. The molecule has 0 radical (unpaired) electrons. The Morgan fingerprint density at radius 3 is 2.31 bits per heavy atom. The van der Waals surface area contributed by atoms with Gasteiger partial charge in [0.15, 0.2) is 6.73 Å². The van der Waals surface area contributed by atoms with Crippen LogP contribution in [0, 0.1) is 28.6 Å². The molecular formula is C24H19ClN4O5S. The Hall–Kier alpha value is -3.70. The lowest BCUT2D eigenvalue weighted by Gasteiger charge is -2.30. The molecule has 9 nitrogen and oxygen atoms in total. The number of fused-ring (bicyclic) bond motifs is 1. The number of anilines is 1. The highest BCUT2D eigenvalue weighted by molar-refractivity contribution is 7.89. The number of hydrogen-bond donors (Lipinski definition) is 0. The van der Waals surface area contributed by atoms with Crippen molar-refractivity contribution >= 4 is 44.8 Å². The minimum absolute atomic E-state index is 0.0256. The summed E-state index contributed by atoms with van der Waals surface area (Å²) in [4.78, 5) is 27.0. The molecule has 0 bridgehead atoms. The minimum Gasteiger partial charge on any atom is -0.444 e. The van der Waals surface area contributed by atoms with E-state index >= 15 is 0 Å². The summed E-state index contributed by atoms with van der Waals surface area (Å²) >= 11 is 5.84. The number of amides is 1. The Labute approximate surface area is 207 Å². The first-order chi connectivity index (χ1) is 16.8. The summed E-state index contributed by atoms with van der Waals surface area (Å²) in [6.07, 6.45) is 0.544. The maximum atomic E-state index is 12.9. The SMILES string of the molecule is N#CC(C#N)=C1C(=O)N(COC(=O)C2CCN(S(=O)(=O)c3ccc(Cl)cc3)CC2)c2ccccc21. The number of halogens is 1. The summed E-state index contributed by atoms with van der Waals surface area (Å²) in [7, 11) is -3.70. The molecule has 0 N–H and O–H groups in total. The molecule has 0 spiro atoms. The lowest BCUT2D eigenvalue weighted by Crippen LogP contribution is -2.41. The topological polar surface area (TPSA) is 132 Å². The van der Waals surface area contributed by atoms with Crippen LogP contribution in [0.25, 0.3) is 5.57 Å². The normalized spacial score (nSPS) is 16.4. The van der Waals surface area contributed by atoms with Crippen molar-refractivity contribution < 1.29 is 22.7 Å². The highest BCUT2D eigenvalue weighted by Crippen LogP contribution is 2.38. The molecule has 2 aromatic carbocycles. The quantitative estimate of drug-likeness (QED) is 0.343. The van der Waals surface area contributed by atoms with Gasteiger partial charge in [-0.25, -0.2) is 8.42 Å². The van der Waals surface area contributed by atoms with Crippen molar-refractivity contribution in [3.63, 3.8) is 0 Å². The van der Waals surface area contributed by atoms with Crippen molar-refractivity contribution in [2.24, 2.45) is 5.92 Å². The van der Waals surface area contributed by atoms with Gasteiger partial charge in [0.25, 0.3) is 5.91 Å². The van der Waals surface area contributed by atoms with Gasteiger partial charge in [-0.15, -0.1) is 0 Å². The van der Waals surface area contributed by atoms with Gasteiger partial charge in [0.1, 0.15) is 17.7 Å². The first kappa shape index (κ1) is 24.4. The van der Waals surface area contributed by atoms with Crippen molar-refractivity contribution in [1.29, 1.82) is 10.5 Å². The number of para-hydroxylation sites is 1. The summed E-state index contributed by atoms with van der Waals surface area (Å²) in [6.45, 7) is -0.0841. The molecule has 2 aliphatic heterocycles. The Balaban J connectivity index is 1.40. The van der Waals surface area contributed by atoms with Gasteiger partial charge in [0.2, 0.25) is 10.0 Å². The average Bonchev–Trinajstić information content (AvgIpc) is 3.15. The Morgan fingerprint density at radius 1 is 1.06 bits per heavy atom. The average molecular weight is 511 g/mol. The number of benzene rings is 2. The maximum absolute atomic E-state index is 12.9.